The second kappa shape index (κ2) is 2.22. The molecule has 0 aliphatic carbocycles. The lowest BCUT2D eigenvalue weighted by molar-refractivity contribution is 1.09. The lowest BCUT2D eigenvalue weighted by atomic mass is 10.4. The van der Waals surface area contributed by atoms with E-state index < -0.39 is 0 Å². The standard InChI is InChI=1S/C4H3N5S/c1-2-5-9-10-4-3(1)6-8-7-4/h1-2,9H. The quantitative estimate of drug-likeness (QED) is 0.525. The average Bonchev–Trinajstić information content (AvgIpc) is 2.28. The monoisotopic (exact) mass is 153 g/mol. The van der Waals surface area contributed by atoms with Crippen molar-refractivity contribution in [3.8, 4) is 0 Å². The summed E-state index contributed by atoms with van der Waals surface area (Å²) in [5.41, 5.74) is 0.763. The van der Waals surface area contributed by atoms with Crippen molar-refractivity contribution in [2.45, 2.75) is 0 Å². The van der Waals surface area contributed by atoms with Crippen LogP contribution < -0.4 is 4.83 Å². The van der Waals surface area contributed by atoms with Crippen molar-refractivity contribution in [3.05, 3.63) is 11.8 Å². The molecule has 0 fully saturated rings. The van der Waals surface area contributed by atoms with E-state index in [2.05, 4.69) is 25.4 Å². The molecule has 0 atom stereocenters. The molecule has 10 heavy (non-hydrogen) atoms. The molecular formula is C4H3N5S. The van der Waals surface area contributed by atoms with E-state index in [1.165, 1.54) is 11.9 Å². The Morgan fingerprint density at radius 3 is 3.50 bits per heavy atom. The van der Waals surface area contributed by atoms with Crippen molar-refractivity contribution in [2.24, 2.45) is 20.5 Å². The Morgan fingerprint density at radius 1 is 1.50 bits per heavy atom. The van der Waals surface area contributed by atoms with Crippen LogP contribution in [-0.4, -0.2) is 11.3 Å². The third-order valence-corrected chi connectivity index (χ3v) is 1.69. The highest BCUT2D eigenvalue weighted by Crippen LogP contribution is 2.18. The molecule has 0 amide bonds. The Bertz CT molecular complexity index is 263. The highest BCUT2D eigenvalue weighted by molar-refractivity contribution is 8.12. The molecule has 0 saturated heterocycles. The minimum atomic E-state index is 0.762. The van der Waals surface area contributed by atoms with Gasteiger partial charge in [-0.2, -0.15) is 5.10 Å². The van der Waals surface area contributed by atoms with Gasteiger partial charge in [-0.15, -0.1) is 10.2 Å². The van der Waals surface area contributed by atoms with Gasteiger partial charge in [0.15, 0.2) is 5.04 Å². The van der Waals surface area contributed by atoms with E-state index in [-0.39, 0.29) is 0 Å². The van der Waals surface area contributed by atoms with Crippen molar-refractivity contribution in [1.82, 2.24) is 4.83 Å². The van der Waals surface area contributed by atoms with Crippen molar-refractivity contribution in [2.75, 3.05) is 0 Å². The highest BCUT2D eigenvalue weighted by Gasteiger charge is 2.13. The van der Waals surface area contributed by atoms with Crippen LogP contribution in [-0.2, 0) is 0 Å². The number of hydrogen-bond donors (Lipinski definition) is 1. The van der Waals surface area contributed by atoms with E-state index >= 15 is 0 Å². The molecule has 0 bridgehead atoms. The number of rotatable bonds is 0. The van der Waals surface area contributed by atoms with Crippen molar-refractivity contribution in [3.63, 3.8) is 0 Å². The summed E-state index contributed by atoms with van der Waals surface area (Å²) in [5, 5.41) is 15.5. The van der Waals surface area contributed by atoms with Crippen molar-refractivity contribution >= 4 is 23.2 Å². The number of nitrogens with one attached hydrogen (secondary N) is 1. The van der Waals surface area contributed by atoms with Gasteiger partial charge >= 0.3 is 0 Å². The van der Waals surface area contributed by atoms with E-state index in [0.29, 0.717) is 0 Å². The number of fused-ring (bicyclic) bond motifs is 1. The molecule has 0 radical (unpaired) electrons. The fourth-order valence-electron chi connectivity index (χ4n) is 0.590. The molecule has 2 rings (SSSR count). The fraction of sp³-hybridized carbons (Fsp3) is 0. The predicted molar refractivity (Wildman–Crippen MR) is 39.6 cm³/mol. The van der Waals surface area contributed by atoms with Gasteiger partial charge in [0, 0.05) is 11.9 Å². The van der Waals surface area contributed by atoms with Gasteiger partial charge in [0.2, 0.25) is 0 Å². The lowest BCUT2D eigenvalue weighted by Gasteiger charge is -1.91. The summed E-state index contributed by atoms with van der Waals surface area (Å²) in [6, 6.07) is 0. The Labute approximate surface area is 61.1 Å². The van der Waals surface area contributed by atoms with Gasteiger partial charge in [-0.3, -0.25) is 0 Å². The summed E-state index contributed by atoms with van der Waals surface area (Å²) >= 11 is 1.30. The second-order valence-corrected chi connectivity index (χ2v) is 2.39. The molecule has 0 aromatic rings. The maximum absolute atomic E-state index is 3.78. The van der Waals surface area contributed by atoms with E-state index in [1.807, 2.05) is 0 Å². The van der Waals surface area contributed by atoms with Crippen LogP contribution in [0, 0.1) is 0 Å². The number of hydrogen-bond acceptors (Lipinski definition) is 6. The topological polar surface area (TPSA) is 61.5 Å². The van der Waals surface area contributed by atoms with E-state index in [9.17, 15) is 0 Å². The van der Waals surface area contributed by atoms with Gasteiger partial charge < -0.3 is 0 Å². The summed E-state index contributed by atoms with van der Waals surface area (Å²) in [4.78, 5) is 2.70. The molecule has 1 N–H and O–H groups in total. The van der Waals surface area contributed by atoms with E-state index in [4.69, 9.17) is 0 Å². The molecule has 50 valence electrons. The molecular weight excluding hydrogens is 150 g/mol. The molecule has 0 saturated carbocycles. The number of allylic oxidation sites excluding steroid dienone is 1. The third kappa shape index (κ3) is 0.820. The highest BCUT2D eigenvalue weighted by atomic mass is 32.2. The maximum atomic E-state index is 3.78. The first-order valence-corrected chi connectivity index (χ1v) is 3.43. The summed E-state index contributed by atoms with van der Waals surface area (Å²) < 4.78 is 0. The van der Waals surface area contributed by atoms with Crippen molar-refractivity contribution in [1.29, 1.82) is 0 Å². The van der Waals surface area contributed by atoms with Crippen LogP contribution in [0.2, 0.25) is 0 Å². The minimum Gasteiger partial charge on any atom is -0.246 e. The van der Waals surface area contributed by atoms with E-state index in [1.54, 1.807) is 12.3 Å². The first-order valence-electron chi connectivity index (χ1n) is 2.61. The smallest absolute Gasteiger partial charge is 0.170 e. The van der Waals surface area contributed by atoms with Gasteiger partial charge in [0.05, 0.1) is 6.21 Å². The first-order chi connectivity index (χ1) is 4.97. The maximum Gasteiger partial charge on any atom is 0.170 e. The molecule has 0 unspecified atom stereocenters. The predicted octanol–water partition coefficient (Wildman–Crippen LogP) is 0.887. The van der Waals surface area contributed by atoms with Crippen LogP contribution in [0.4, 0.5) is 0 Å². The SMILES string of the molecule is C1=NNSC2=NN=NC2=C1. The van der Waals surface area contributed by atoms with Crippen LogP contribution in [0.15, 0.2) is 32.3 Å². The van der Waals surface area contributed by atoms with Crippen LogP contribution in [0.25, 0.3) is 0 Å². The number of hydrazone groups is 1. The van der Waals surface area contributed by atoms with Gasteiger partial charge in [-0.25, -0.2) is 4.83 Å². The first kappa shape index (κ1) is 5.60. The summed E-state index contributed by atoms with van der Waals surface area (Å²) in [6.07, 6.45) is 3.37. The molecule has 2 aliphatic heterocycles. The summed E-state index contributed by atoms with van der Waals surface area (Å²) in [7, 11) is 0. The molecule has 0 aromatic heterocycles. The third-order valence-electron chi connectivity index (χ3n) is 1.01. The van der Waals surface area contributed by atoms with Crippen LogP contribution in [0.3, 0.4) is 0 Å². The van der Waals surface area contributed by atoms with Crippen LogP contribution >= 0.6 is 11.9 Å². The van der Waals surface area contributed by atoms with Crippen LogP contribution in [0.1, 0.15) is 0 Å². The van der Waals surface area contributed by atoms with Gasteiger partial charge in [0.1, 0.15) is 5.70 Å². The van der Waals surface area contributed by atoms with Crippen molar-refractivity contribution < 1.29 is 0 Å². The van der Waals surface area contributed by atoms with Gasteiger partial charge in [-0.05, 0) is 11.3 Å². The molecule has 0 aromatic carbocycles. The number of nitrogens with zero attached hydrogens (tertiary/aromatic N) is 4. The molecule has 2 heterocycles. The van der Waals surface area contributed by atoms with E-state index in [0.717, 1.165) is 10.7 Å². The van der Waals surface area contributed by atoms with Gasteiger partial charge in [0.25, 0.3) is 0 Å². The molecule has 0 spiro atoms. The minimum absolute atomic E-state index is 0.762. The Morgan fingerprint density at radius 2 is 2.50 bits per heavy atom. The Kier molecular flexibility index (Phi) is 1.24. The fourth-order valence-corrected chi connectivity index (χ4v) is 1.08. The summed E-state index contributed by atoms with van der Waals surface area (Å²) in [6.45, 7) is 0. The Hall–Kier alpha value is -1.17. The van der Waals surface area contributed by atoms with Crippen LogP contribution in [0.5, 0.6) is 0 Å². The zero-order valence-corrected chi connectivity index (χ0v) is 5.67. The second-order valence-electron chi connectivity index (χ2n) is 1.62. The summed E-state index contributed by atoms with van der Waals surface area (Å²) in [5.74, 6) is 0. The zero-order chi connectivity index (χ0) is 6.81. The largest absolute Gasteiger partial charge is 0.246 e. The Balaban J connectivity index is 2.36. The van der Waals surface area contributed by atoms with Gasteiger partial charge in [-0.1, -0.05) is 0 Å². The lowest BCUT2D eigenvalue weighted by Crippen LogP contribution is -1.97. The molecule has 6 heteroatoms. The zero-order valence-electron chi connectivity index (χ0n) is 4.85. The normalized spacial score (nSPS) is 20.8. The average molecular weight is 153 g/mol. The molecule has 5 nitrogen and oxygen atoms in total. The molecule has 2 aliphatic rings.